The number of esters is 2. The summed E-state index contributed by atoms with van der Waals surface area (Å²) >= 11 is 0. The molecule has 0 aliphatic carbocycles. The lowest BCUT2D eigenvalue weighted by Gasteiger charge is -2.19. The van der Waals surface area contributed by atoms with Crippen molar-refractivity contribution in [1.82, 2.24) is 0 Å². The number of phosphoric ester groups is 1. The number of hydrogen-bond acceptors (Lipinski definition) is 8. The summed E-state index contributed by atoms with van der Waals surface area (Å²) in [6.07, 6.45) is 96.8. The van der Waals surface area contributed by atoms with Crippen molar-refractivity contribution in [2.45, 2.75) is 418 Å². The van der Waals surface area contributed by atoms with Gasteiger partial charge in [0.25, 0.3) is 0 Å². The second-order valence-electron chi connectivity index (χ2n) is 26.6. The SMILES string of the molecule is CCCCCCC/C=C\C/C=C\C/C=C\CCCCCCCCCCCCCCCCCCCCCCCCCCC(=O)OC(COC(=O)CCCCCCCCCCCCCCCCCCC/C=C\CCCCCCCCCC)COP(=O)(O)OCCN. The summed E-state index contributed by atoms with van der Waals surface area (Å²) < 4.78 is 33.3. The van der Waals surface area contributed by atoms with Gasteiger partial charge >= 0.3 is 19.8 Å². The van der Waals surface area contributed by atoms with E-state index in [1.54, 1.807) is 0 Å². The summed E-state index contributed by atoms with van der Waals surface area (Å²) in [5, 5.41) is 0. The van der Waals surface area contributed by atoms with Crippen molar-refractivity contribution >= 4 is 19.8 Å². The molecule has 0 saturated heterocycles. The third kappa shape index (κ3) is 74.9. The highest BCUT2D eigenvalue weighted by molar-refractivity contribution is 7.47. The summed E-state index contributed by atoms with van der Waals surface area (Å²) in [5.74, 6) is -0.803. The summed E-state index contributed by atoms with van der Waals surface area (Å²) in [7, 11) is -4.39. The molecule has 524 valence electrons. The van der Waals surface area contributed by atoms with E-state index in [9.17, 15) is 19.0 Å². The molecule has 0 aliphatic rings. The van der Waals surface area contributed by atoms with E-state index in [0.717, 1.165) is 44.9 Å². The Morgan fingerprint density at radius 3 is 0.876 bits per heavy atom. The highest BCUT2D eigenvalue weighted by Gasteiger charge is 2.26. The molecule has 0 rings (SSSR count). The van der Waals surface area contributed by atoms with Crippen LogP contribution in [0.1, 0.15) is 412 Å². The topological polar surface area (TPSA) is 134 Å². The maximum atomic E-state index is 12.8. The van der Waals surface area contributed by atoms with Crippen LogP contribution in [-0.2, 0) is 32.7 Å². The fourth-order valence-electron chi connectivity index (χ4n) is 11.9. The molecule has 0 aliphatic heterocycles. The van der Waals surface area contributed by atoms with Crippen LogP contribution in [0.15, 0.2) is 48.6 Å². The number of unbranched alkanes of at least 4 members (excludes halogenated alkanes) is 54. The fraction of sp³-hybridized carbons (Fsp3) is 0.873. The van der Waals surface area contributed by atoms with Crippen molar-refractivity contribution in [2.75, 3.05) is 26.4 Å². The van der Waals surface area contributed by atoms with E-state index in [2.05, 4.69) is 62.5 Å². The monoisotopic (exact) mass is 1270 g/mol. The van der Waals surface area contributed by atoms with Gasteiger partial charge in [-0.15, -0.1) is 0 Å². The van der Waals surface area contributed by atoms with Gasteiger partial charge in [-0.3, -0.25) is 18.6 Å². The normalized spacial score (nSPS) is 13.1. The molecule has 0 spiro atoms. The summed E-state index contributed by atoms with van der Waals surface area (Å²) in [6.45, 7) is 3.81. The number of allylic oxidation sites excluding steroid dienone is 8. The van der Waals surface area contributed by atoms with Crippen molar-refractivity contribution in [2.24, 2.45) is 5.73 Å². The summed E-state index contributed by atoms with van der Waals surface area (Å²) in [6, 6.07) is 0. The Hall–Kier alpha value is -2.03. The van der Waals surface area contributed by atoms with Gasteiger partial charge in [0.05, 0.1) is 13.2 Å². The van der Waals surface area contributed by atoms with Gasteiger partial charge < -0.3 is 20.1 Å². The van der Waals surface area contributed by atoms with Gasteiger partial charge in [0.1, 0.15) is 6.61 Å². The Morgan fingerprint density at radius 2 is 0.584 bits per heavy atom. The number of carbonyl (C=O) groups excluding carboxylic acids is 2. The van der Waals surface area contributed by atoms with Gasteiger partial charge in [-0.2, -0.15) is 0 Å². The van der Waals surface area contributed by atoms with Crippen LogP contribution < -0.4 is 5.73 Å². The third-order valence-corrected chi connectivity index (χ3v) is 18.7. The van der Waals surface area contributed by atoms with E-state index < -0.39 is 26.5 Å². The fourth-order valence-corrected chi connectivity index (χ4v) is 12.6. The number of hydrogen-bond donors (Lipinski definition) is 2. The minimum absolute atomic E-state index is 0.0559. The van der Waals surface area contributed by atoms with Crippen molar-refractivity contribution in [3.05, 3.63) is 48.6 Å². The maximum Gasteiger partial charge on any atom is 0.472 e. The number of phosphoric acid groups is 1. The van der Waals surface area contributed by atoms with Gasteiger partial charge in [-0.05, 0) is 77.0 Å². The van der Waals surface area contributed by atoms with Crippen LogP contribution in [-0.4, -0.2) is 49.3 Å². The number of rotatable bonds is 75. The Labute approximate surface area is 553 Å². The first-order chi connectivity index (χ1) is 43.8. The van der Waals surface area contributed by atoms with Crippen molar-refractivity contribution in [1.29, 1.82) is 0 Å². The lowest BCUT2D eigenvalue weighted by atomic mass is 10.0. The van der Waals surface area contributed by atoms with Crippen LogP contribution in [0.4, 0.5) is 0 Å². The van der Waals surface area contributed by atoms with Gasteiger partial charge in [-0.25, -0.2) is 4.57 Å². The molecule has 0 saturated carbocycles. The van der Waals surface area contributed by atoms with Crippen LogP contribution in [0.5, 0.6) is 0 Å². The van der Waals surface area contributed by atoms with Crippen molar-refractivity contribution in [3.8, 4) is 0 Å². The van der Waals surface area contributed by atoms with Gasteiger partial charge in [0.15, 0.2) is 6.10 Å². The van der Waals surface area contributed by atoms with E-state index in [1.807, 2.05) is 0 Å². The largest absolute Gasteiger partial charge is 0.472 e. The molecule has 0 radical (unpaired) electrons. The molecule has 3 N–H and O–H groups in total. The average Bonchev–Trinajstić information content (AvgIpc) is 3.68. The maximum absolute atomic E-state index is 12.8. The van der Waals surface area contributed by atoms with E-state index in [1.165, 1.54) is 334 Å². The Bertz CT molecular complexity index is 1600. The van der Waals surface area contributed by atoms with Gasteiger partial charge in [0, 0.05) is 19.4 Å². The standard InChI is InChI=1S/C79H150NO8P/c1-3-5-7-9-11-13-15-17-19-21-23-25-27-29-31-33-34-35-36-37-38-39-40-41-42-44-46-48-50-52-54-56-58-60-62-64-66-68-70-72-79(82)88-77(76-87-89(83,84)86-74-73-80)75-85-78(81)71-69-67-65-63-61-59-57-55-53-51-49-47-45-43-32-30-28-26-24-22-20-18-16-14-12-10-8-6-4-2/h15,17,21-24,27,29,77H,3-14,16,18-20,25-26,28,30-76,80H2,1-2H3,(H,83,84)/b17-15-,23-21-,24-22-,29-27-. The molecule has 0 heterocycles. The molecular formula is C79H150NO8P. The molecule has 0 amide bonds. The minimum atomic E-state index is -4.39. The lowest BCUT2D eigenvalue weighted by molar-refractivity contribution is -0.161. The molecular weight excluding hydrogens is 1120 g/mol. The smallest absolute Gasteiger partial charge is 0.462 e. The Morgan fingerprint density at radius 1 is 0.337 bits per heavy atom. The molecule has 0 bridgehead atoms. The van der Waals surface area contributed by atoms with Crippen molar-refractivity contribution < 1.29 is 37.6 Å². The first-order valence-electron chi connectivity index (χ1n) is 39.1. The van der Waals surface area contributed by atoms with Gasteiger partial charge in [0.2, 0.25) is 0 Å². The minimum Gasteiger partial charge on any atom is -0.462 e. The van der Waals surface area contributed by atoms with E-state index >= 15 is 0 Å². The molecule has 0 fully saturated rings. The molecule has 0 aromatic heterocycles. The molecule has 2 unspecified atom stereocenters. The molecule has 9 nitrogen and oxygen atoms in total. The first kappa shape index (κ1) is 87.0. The zero-order chi connectivity index (χ0) is 64.4. The molecule has 89 heavy (non-hydrogen) atoms. The molecule has 0 aromatic carbocycles. The second-order valence-corrected chi connectivity index (χ2v) is 28.0. The Balaban J connectivity index is 3.76. The van der Waals surface area contributed by atoms with E-state index in [0.29, 0.717) is 6.42 Å². The Kier molecular flexibility index (Phi) is 73.3. The van der Waals surface area contributed by atoms with Gasteiger partial charge in [-0.1, -0.05) is 371 Å². The number of ether oxygens (including phenoxy) is 2. The van der Waals surface area contributed by atoms with Crippen LogP contribution in [0.25, 0.3) is 0 Å². The average molecular weight is 1270 g/mol. The predicted octanol–water partition coefficient (Wildman–Crippen LogP) is 26.0. The summed E-state index contributed by atoms with van der Waals surface area (Å²) in [4.78, 5) is 35.4. The highest BCUT2D eigenvalue weighted by Crippen LogP contribution is 2.43. The second kappa shape index (κ2) is 75.0. The van der Waals surface area contributed by atoms with E-state index in [-0.39, 0.29) is 38.6 Å². The molecule has 0 aromatic rings. The van der Waals surface area contributed by atoms with Crippen LogP contribution in [0, 0.1) is 0 Å². The molecule has 2 atom stereocenters. The lowest BCUT2D eigenvalue weighted by Crippen LogP contribution is -2.29. The molecule has 10 heteroatoms. The van der Waals surface area contributed by atoms with Crippen LogP contribution in [0.2, 0.25) is 0 Å². The first-order valence-corrected chi connectivity index (χ1v) is 40.6. The zero-order valence-electron chi connectivity index (χ0n) is 59.2. The van der Waals surface area contributed by atoms with Crippen molar-refractivity contribution in [3.63, 3.8) is 0 Å². The van der Waals surface area contributed by atoms with Crippen LogP contribution >= 0.6 is 7.82 Å². The number of nitrogens with two attached hydrogens (primary N) is 1. The zero-order valence-corrected chi connectivity index (χ0v) is 60.1. The number of carbonyl (C=O) groups is 2. The van der Waals surface area contributed by atoms with E-state index in [4.69, 9.17) is 24.3 Å². The quantitative estimate of drug-likeness (QED) is 0.0264. The van der Waals surface area contributed by atoms with Crippen LogP contribution in [0.3, 0.4) is 0 Å². The highest BCUT2D eigenvalue weighted by atomic mass is 31.2. The predicted molar refractivity (Wildman–Crippen MR) is 386 cm³/mol. The third-order valence-electron chi connectivity index (χ3n) is 17.7. The summed E-state index contributed by atoms with van der Waals surface area (Å²) in [5.41, 5.74) is 5.41.